The van der Waals surface area contributed by atoms with Gasteiger partial charge in [0.05, 0.1) is 18.6 Å². The number of carboxylic acid groups (broad SMARTS) is 1. The fourth-order valence-corrected chi connectivity index (χ4v) is 4.03. The van der Waals surface area contributed by atoms with Crippen LogP contribution in [-0.4, -0.2) is 64.1 Å². The first-order valence-electron chi connectivity index (χ1n) is 10.6. The molecule has 8 nitrogen and oxygen atoms in total. The van der Waals surface area contributed by atoms with Crippen LogP contribution in [0.2, 0.25) is 0 Å². The fourth-order valence-electron chi connectivity index (χ4n) is 4.03. The Labute approximate surface area is 189 Å². The van der Waals surface area contributed by atoms with Crippen molar-refractivity contribution in [2.45, 2.75) is 45.0 Å². The number of carboxylic acids is 1. The lowest BCUT2D eigenvalue weighted by atomic mass is 9.97. The second-order valence-corrected chi connectivity index (χ2v) is 8.15. The number of hydrogen-bond donors (Lipinski definition) is 3. The second kappa shape index (κ2) is 10.3. The van der Waals surface area contributed by atoms with Crippen LogP contribution in [0.5, 0.6) is 5.75 Å². The summed E-state index contributed by atoms with van der Waals surface area (Å²) in [5.41, 5.74) is 0.233. The van der Waals surface area contributed by atoms with Gasteiger partial charge in [0.2, 0.25) is 0 Å². The molecule has 1 aliphatic rings. The average molecular weight is 468 g/mol. The van der Waals surface area contributed by atoms with Crippen molar-refractivity contribution < 1.29 is 32.9 Å². The minimum Gasteiger partial charge on any atom is -0.507 e. The van der Waals surface area contributed by atoms with Gasteiger partial charge in [-0.05, 0) is 55.6 Å². The van der Waals surface area contributed by atoms with Gasteiger partial charge in [-0.2, -0.15) is 13.2 Å². The van der Waals surface area contributed by atoms with Gasteiger partial charge < -0.3 is 25.2 Å². The van der Waals surface area contributed by atoms with Crippen LogP contribution in [-0.2, 0) is 22.3 Å². The number of methoxy groups -OCH3 is 1. The normalized spacial score (nSPS) is 17.2. The molecular weight excluding hydrogens is 441 g/mol. The third kappa shape index (κ3) is 6.32. The highest BCUT2D eigenvalue weighted by Crippen LogP contribution is 2.40. The van der Waals surface area contributed by atoms with Gasteiger partial charge in [-0.1, -0.05) is 0 Å². The molecule has 1 aliphatic heterocycles. The molecule has 1 aromatic heterocycles. The number of carbonyl (C=O) groups is 1. The van der Waals surface area contributed by atoms with Gasteiger partial charge in [0.1, 0.15) is 17.3 Å². The van der Waals surface area contributed by atoms with Crippen LogP contribution >= 0.6 is 0 Å². The maximum atomic E-state index is 13.2. The van der Waals surface area contributed by atoms with Gasteiger partial charge >= 0.3 is 12.1 Å². The summed E-state index contributed by atoms with van der Waals surface area (Å²) in [7, 11) is 1.36. The zero-order valence-corrected chi connectivity index (χ0v) is 18.4. The predicted molar refractivity (Wildman–Crippen MR) is 115 cm³/mol. The van der Waals surface area contributed by atoms with Crippen molar-refractivity contribution in [2.75, 3.05) is 32.1 Å². The quantitative estimate of drug-likeness (QED) is 0.539. The minimum absolute atomic E-state index is 0.0654. The Morgan fingerprint density at radius 1 is 1.30 bits per heavy atom. The summed E-state index contributed by atoms with van der Waals surface area (Å²) >= 11 is 0. The van der Waals surface area contributed by atoms with Crippen LogP contribution in [0.4, 0.5) is 19.0 Å². The number of halogens is 3. The van der Waals surface area contributed by atoms with E-state index in [1.54, 1.807) is 13.0 Å². The van der Waals surface area contributed by atoms with Gasteiger partial charge in [0, 0.05) is 31.8 Å². The molecule has 3 rings (SSSR count). The lowest BCUT2D eigenvalue weighted by Crippen LogP contribution is -2.43. The highest BCUT2D eigenvalue weighted by Gasteiger charge is 2.33. The van der Waals surface area contributed by atoms with Crippen LogP contribution < -0.4 is 5.32 Å². The maximum Gasteiger partial charge on any atom is 0.416 e. The number of aliphatic carboxylic acids is 1. The standard InChI is InChI=1S/C22H27F3N4O4/c1-13-8-18(26-16-4-3-6-29(11-16)7-5-19(31)32)27-28-21(13)20-14(12-33-2)9-15(10-17(20)30)22(23,24)25/h8-10,16,30H,3-7,11-12H2,1-2H3,(H,26,27)(H,31,32)/t16-/m1/s1. The van der Waals surface area contributed by atoms with Crippen molar-refractivity contribution >= 4 is 11.8 Å². The average Bonchev–Trinajstić information content (AvgIpc) is 2.73. The number of hydrogen-bond acceptors (Lipinski definition) is 7. The van der Waals surface area contributed by atoms with Crippen LogP contribution in [0.25, 0.3) is 11.3 Å². The lowest BCUT2D eigenvalue weighted by molar-refractivity contribution is -0.138. The molecular formula is C22H27F3N4O4. The third-order valence-corrected chi connectivity index (χ3v) is 5.55. The van der Waals surface area contributed by atoms with Gasteiger partial charge in [-0.15, -0.1) is 10.2 Å². The van der Waals surface area contributed by atoms with E-state index in [1.165, 1.54) is 7.11 Å². The largest absolute Gasteiger partial charge is 0.507 e. The van der Waals surface area contributed by atoms with Crippen LogP contribution in [0.1, 0.15) is 36.0 Å². The zero-order valence-electron chi connectivity index (χ0n) is 18.4. The van der Waals surface area contributed by atoms with Crippen molar-refractivity contribution in [3.8, 4) is 17.0 Å². The molecule has 0 bridgehead atoms. The molecule has 11 heteroatoms. The molecule has 0 saturated carbocycles. The van der Waals surface area contributed by atoms with Crippen molar-refractivity contribution in [3.63, 3.8) is 0 Å². The Kier molecular flexibility index (Phi) is 7.75. The third-order valence-electron chi connectivity index (χ3n) is 5.55. The molecule has 0 unspecified atom stereocenters. The van der Waals surface area contributed by atoms with Crippen LogP contribution in [0.15, 0.2) is 18.2 Å². The maximum absolute atomic E-state index is 13.2. The lowest BCUT2D eigenvalue weighted by Gasteiger charge is -2.33. The number of phenols is 1. The molecule has 180 valence electrons. The Balaban J connectivity index is 1.81. The highest BCUT2D eigenvalue weighted by atomic mass is 19.4. The number of alkyl halides is 3. The number of aromatic hydroxyl groups is 1. The zero-order chi connectivity index (χ0) is 24.2. The molecule has 0 aliphatic carbocycles. The molecule has 2 heterocycles. The van der Waals surface area contributed by atoms with Crippen molar-refractivity contribution in [3.05, 3.63) is 34.9 Å². The Hall–Kier alpha value is -2.92. The fraction of sp³-hybridized carbons (Fsp3) is 0.500. The van der Waals surface area contributed by atoms with Gasteiger partial charge in [0.15, 0.2) is 0 Å². The first-order valence-corrected chi connectivity index (χ1v) is 10.6. The first-order chi connectivity index (χ1) is 15.6. The molecule has 1 saturated heterocycles. The smallest absolute Gasteiger partial charge is 0.416 e. The second-order valence-electron chi connectivity index (χ2n) is 8.15. The topological polar surface area (TPSA) is 108 Å². The summed E-state index contributed by atoms with van der Waals surface area (Å²) in [6.07, 6.45) is -2.71. The molecule has 0 spiro atoms. The first kappa shape index (κ1) is 24.7. The molecule has 1 atom stereocenters. The van der Waals surface area contributed by atoms with E-state index < -0.39 is 23.5 Å². The number of anilines is 1. The van der Waals surface area contributed by atoms with Crippen LogP contribution in [0, 0.1) is 6.92 Å². The number of ether oxygens (including phenoxy) is 1. The Morgan fingerprint density at radius 3 is 2.70 bits per heavy atom. The highest BCUT2D eigenvalue weighted by molar-refractivity contribution is 5.74. The Bertz CT molecular complexity index is 1000. The van der Waals surface area contributed by atoms with Crippen molar-refractivity contribution in [1.29, 1.82) is 0 Å². The Morgan fingerprint density at radius 2 is 2.06 bits per heavy atom. The van der Waals surface area contributed by atoms with E-state index in [0.29, 0.717) is 30.5 Å². The monoisotopic (exact) mass is 468 g/mol. The summed E-state index contributed by atoms with van der Waals surface area (Å²) in [4.78, 5) is 12.9. The molecule has 2 aromatic rings. The van der Waals surface area contributed by atoms with Gasteiger partial charge in [0.25, 0.3) is 0 Å². The SMILES string of the molecule is COCc1cc(C(F)(F)F)cc(O)c1-c1nnc(N[C@@H]2CCCN(CCC(=O)O)C2)cc1C. The number of nitrogens with zero attached hydrogens (tertiary/aromatic N) is 3. The molecule has 3 N–H and O–H groups in total. The van der Waals surface area contributed by atoms with E-state index in [9.17, 15) is 23.1 Å². The number of phenolic OH excluding ortho intramolecular Hbond substituents is 1. The van der Waals surface area contributed by atoms with E-state index in [2.05, 4.69) is 20.4 Å². The minimum atomic E-state index is -4.61. The molecule has 0 amide bonds. The van der Waals surface area contributed by atoms with E-state index in [4.69, 9.17) is 9.84 Å². The number of rotatable bonds is 8. The van der Waals surface area contributed by atoms with Gasteiger partial charge in [-0.25, -0.2) is 0 Å². The number of piperidine rings is 1. The summed E-state index contributed by atoms with van der Waals surface area (Å²) < 4.78 is 44.6. The van der Waals surface area contributed by atoms with E-state index in [1.807, 2.05) is 0 Å². The summed E-state index contributed by atoms with van der Waals surface area (Å²) in [6.45, 7) is 3.59. The molecule has 33 heavy (non-hydrogen) atoms. The molecule has 1 fully saturated rings. The van der Waals surface area contributed by atoms with Crippen LogP contribution in [0.3, 0.4) is 0 Å². The van der Waals surface area contributed by atoms with E-state index >= 15 is 0 Å². The number of benzene rings is 1. The molecule has 1 aromatic carbocycles. The molecule has 0 radical (unpaired) electrons. The number of nitrogens with one attached hydrogen (secondary N) is 1. The van der Waals surface area contributed by atoms with Crippen molar-refractivity contribution in [2.24, 2.45) is 0 Å². The summed E-state index contributed by atoms with van der Waals surface area (Å²) in [6, 6.07) is 3.41. The number of aromatic nitrogens is 2. The predicted octanol–water partition coefficient (Wildman–Crippen LogP) is 3.67. The summed E-state index contributed by atoms with van der Waals surface area (Å²) in [5.74, 6) is -0.876. The number of aryl methyl sites for hydroxylation is 1. The van der Waals surface area contributed by atoms with Gasteiger partial charge in [-0.3, -0.25) is 4.79 Å². The van der Waals surface area contributed by atoms with E-state index in [-0.39, 0.29) is 35.9 Å². The van der Waals surface area contributed by atoms with Crippen molar-refractivity contribution in [1.82, 2.24) is 15.1 Å². The van der Waals surface area contributed by atoms with E-state index in [0.717, 1.165) is 25.5 Å². The summed E-state index contributed by atoms with van der Waals surface area (Å²) in [5, 5.41) is 30.9. The number of likely N-dealkylation sites (tertiary alicyclic amines) is 1.